The SMILES string of the molecule is Cc1c(CN2CCC(Nc3cc(N)ncc3CCCC(F)(F)F)CC2)ccc2[nH]c(C#N)cc12. The van der Waals surface area contributed by atoms with Gasteiger partial charge in [-0.3, -0.25) is 4.90 Å². The third-order valence-electron chi connectivity index (χ3n) is 6.56. The summed E-state index contributed by atoms with van der Waals surface area (Å²) in [6.45, 7) is 4.76. The molecule has 0 spiro atoms. The number of rotatable bonds is 7. The van der Waals surface area contributed by atoms with E-state index in [2.05, 4.69) is 39.2 Å². The second-order valence-electron chi connectivity index (χ2n) is 9.04. The first-order chi connectivity index (χ1) is 16.2. The number of nitrogen functional groups attached to an aromatic ring is 1. The molecule has 2 aromatic heterocycles. The maximum absolute atomic E-state index is 12.5. The number of aryl methyl sites for hydroxylation is 2. The van der Waals surface area contributed by atoms with Crippen LogP contribution < -0.4 is 11.1 Å². The number of aromatic nitrogens is 2. The van der Waals surface area contributed by atoms with Gasteiger partial charge in [-0.25, -0.2) is 4.98 Å². The van der Waals surface area contributed by atoms with Gasteiger partial charge in [-0.15, -0.1) is 0 Å². The van der Waals surface area contributed by atoms with Crippen LogP contribution in [0.25, 0.3) is 10.9 Å². The van der Waals surface area contributed by atoms with Crippen molar-refractivity contribution in [2.45, 2.75) is 57.8 Å². The number of anilines is 2. The number of nitriles is 1. The van der Waals surface area contributed by atoms with Crippen LogP contribution in [0.15, 0.2) is 30.5 Å². The van der Waals surface area contributed by atoms with E-state index in [1.165, 1.54) is 11.1 Å². The first-order valence-electron chi connectivity index (χ1n) is 11.5. The van der Waals surface area contributed by atoms with Gasteiger partial charge in [0.25, 0.3) is 0 Å². The number of halogens is 3. The molecule has 0 amide bonds. The third-order valence-corrected chi connectivity index (χ3v) is 6.56. The smallest absolute Gasteiger partial charge is 0.384 e. The topological polar surface area (TPSA) is 93.8 Å². The van der Waals surface area contributed by atoms with Gasteiger partial charge in [-0.2, -0.15) is 18.4 Å². The fraction of sp³-hybridized carbons (Fsp3) is 0.440. The molecule has 0 atom stereocenters. The van der Waals surface area contributed by atoms with E-state index in [1.54, 1.807) is 12.3 Å². The highest BCUT2D eigenvalue weighted by Crippen LogP contribution is 2.28. The van der Waals surface area contributed by atoms with Crippen LogP contribution in [0.5, 0.6) is 0 Å². The number of alkyl halides is 3. The van der Waals surface area contributed by atoms with Crippen LogP contribution in [0, 0.1) is 18.3 Å². The second-order valence-corrected chi connectivity index (χ2v) is 9.04. The molecule has 0 unspecified atom stereocenters. The zero-order valence-electron chi connectivity index (χ0n) is 19.2. The van der Waals surface area contributed by atoms with Gasteiger partial charge in [-0.1, -0.05) is 6.07 Å². The number of nitrogens with two attached hydrogens (primary N) is 1. The summed E-state index contributed by atoms with van der Waals surface area (Å²) in [6, 6.07) is 10.2. The lowest BCUT2D eigenvalue weighted by molar-refractivity contribution is -0.135. The van der Waals surface area contributed by atoms with Gasteiger partial charge in [0, 0.05) is 61.0 Å². The number of hydrogen-bond acceptors (Lipinski definition) is 5. The molecule has 1 fully saturated rings. The van der Waals surface area contributed by atoms with Crippen molar-refractivity contribution in [3.63, 3.8) is 0 Å². The number of likely N-dealkylation sites (tertiary alicyclic amines) is 1. The summed E-state index contributed by atoms with van der Waals surface area (Å²) >= 11 is 0. The minimum Gasteiger partial charge on any atom is -0.384 e. The molecule has 1 aromatic carbocycles. The number of hydrogen-bond donors (Lipinski definition) is 3. The van der Waals surface area contributed by atoms with Gasteiger partial charge in [0.15, 0.2) is 0 Å². The van der Waals surface area contributed by atoms with Gasteiger partial charge >= 0.3 is 6.18 Å². The number of aromatic amines is 1. The highest BCUT2D eigenvalue weighted by Gasteiger charge is 2.26. The van der Waals surface area contributed by atoms with Crippen molar-refractivity contribution in [2.24, 2.45) is 0 Å². The van der Waals surface area contributed by atoms with Crippen molar-refractivity contribution in [3.05, 3.63) is 52.8 Å². The highest BCUT2D eigenvalue weighted by molar-refractivity contribution is 5.85. The van der Waals surface area contributed by atoms with Gasteiger partial charge < -0.3 is 16.0 Å². The first kappa shape index (κ1) is 23.9. The van der Waals surface area contributed by atoms with Crippen LogP contribution >= 0.6 is 0 Å². The molecule has 34 heavy (non-hydrogen) atoms. The largest absolute Gasteiger partial charge is 0.389 e. The van der Waals surface area contributed by atoms with Crippen LogP contribution in [0.3, 0.4) is 0 Å². The van der Waals surface area contributed by atoms with E-state index in [0.29, 0.717) is 17.9 Å². The normalized spacial score (nSPS) is 15.5. The van der Waals surface area contributed by atoms with E-state index in [1.807, 2.05) is 12.1 Å². The molecule has 1 aliphatic rings. The number of benzene rings is 1. The van der Waals surface area contributed by atoms with E-state index in [-0.39, 0.29) is 12.5 Å². The Kier molecular flexibility index (Phi) is 6.98. The molecule has 4 rings (SSSR count). The monoisotopic (exact) mass is 470 g/mol. The molecule has 4 N–H and O–H groups in total. The minimum atomic E-state index is -4.15. The molecule has 1 aliphatic heterocycles. The lowest BCUT2D eigenvalue weighted by Crippen LogP contribution is -2.39. The number of nitrogens with zero attached hydrogens (tertiary/aromatic N) is 3. The molecule has 0 saturated carbocycles. The van der Waals surface area contributed by atoms with E-state index in [0.717, 1.165) is 54.6 Å². The Balaban J connectivity index is 1.35. The van der Waals surface area contributed by atoms with Crippen LogP contribution in [-0.2, 0) is 13.0 Å². The molecule has 3 aromatic rings. The molecule has 6 nitrogen and oxygen atoms in total. The van der Waals surface area contributed by atoms with Gasteiger partial charge in [0.2, 0.25) is 0 Å². The summed E-state index contributed by atoms with van der Waals surface area (Å²) < 4.78 is 37.6. The maximum atomic E-state index is 12.5. The van der Waals surface area contributed by atoms with Crippen LogP contribution in [0.4, 0.5) is 24.7 Å². The summed E-state index contributed by atoms with van der Waals surface area (Å²) in [6.07, 6.45) is -1.18. The number of fused-ring (bicyclic) bond motifs is 1. The van der Waals surface area contributed by atoms with Crippen LogP contribution in [0.2, 0.25) is 0 Å². The van der Waals surface area contributed by atoms with E-state index in [9.17, 15) is 13.2 Å². The molecular formula is C25H29F3N6. The summed E-state index contributed by atoms with van der Waals surface area (Å²) in [5, 5.41) is 13.7. The lowest BCUT2D eigenvalue weighted by atomic mass is 10.00. The molecule has 3 heterocycles. The Morgan fingerprint density at radius 1 is 1.24 bits per heavy atom. The van der Waals surface area contributed by atoms with Gasteiger partial charge in [0.1, 0.15) is 17.6 Å². The summed E-state index contributed by atoms with van der Waals surface area (Å²) in [5.74, 6) is 0.356. The molecule has 1 saturated heterocycles. The van der Waals surface area contributed by atoms with Gasteiger partial charge in [0.05, 0.1) is 0 Å². The van der Waals surface area contributed by atoms with E-state index >= 15 is 0 Å². The zero-order valence-corrected chi connectivity index (χ0v) is 19.2. The average molecular weight is 471 g/mol. The molecule has 0 radical (unpaired) electrons. The number of piperidine rings is 1. The summed E-state index contributed by atoms with van der Waals surface area (Å²) in [4.78, 5) is 9.61. The predicted molar refractivity (Wildman–Crippen MR) is 127 cm³/mol. The number of nitrogens with one attached hydrogen (secondary N) is 2. The van der Waals surface area contributed by atoms with Crippen molar-refractivity contribution in [1.29, 1.82) is 5.26 Å². The Bertz CT molecular complexity index is 1190. The summed E-state index contributed by atoms with van der Waals surface area (Å²) in [7, 11) is 0. The quantitative estimate of drug-likeness (QED) is 0.436. The minimum absolute atomic E-state index is 0.0307. The van der Waals surface area contributed by atoms with Gasteiger partial charge in [-0.05, 0) is 61.4 Å². The maximum Gasteiger partial charge on any atom is 0.389 e. The van der Waals surface area contributed by atoms with E-state index in [4.69, 9.17) is 11.0 Å². The van der Waals surface area contributed by atoms with Crippen molar-refractivity contribution < 1.29 is 13.2 Å². The van der Waals surface area contributed by atoms with Crippen LogP contribution in [-0.4, -0.2) is 40.2 Å². The van der Waals surface area contributed by atoms with Crippen LogP contribution in [0.1, 0.15) is 48.1 Å². The molecule has 0 aliphatic carbocycles. The van der Waals surface area contributed by atoms with Crippen molar-refractivity contribution in [3.8, 4) is 6.07 Å². The molecule has 9 heteroatoms. The zero-order chi connectivity index (χ0) is 24.3. The standard InChI is InChI=1S/C25H29F3N6/c1-16-18(4-5-22-21(16)11-20(13-29)33-22)15-34-9-6-19(7-10-34)32-23-12-24(30)31-14-17(23)3-2-8-25(26,27)28/h4-5,11-12,14,19,33H,2-3,6-10,15H2,1H3,(H3,30,31,32). The lowest BCUT2D eigenvalue weighted by Gasteiger charge is -2.33. The molecule has 0 bridgehead atoms. The number of pyridine rings is 1. The summed E-state index contributed by atoms with van der Waals surface area (Å²) in [5.41, 5.74) is 11.4. The van der Waals surface area contributed by atoms with Crippen molar-refractivity contribution in [2.75, 3.05) is 24.1 Å². The number of H-pyrrole nitrogens is 1. The Hall–Kier alpha value is -3.25. The Morgan fingerprint density at radius 2 is 2.00 bits per heavy atom. The fourth-order valence-corrected chi connectivity index (χ4v) is 4.63. The third kappa shape index (κ3) is 5.81. The van der Waals surface area contributed by atoms with E-state index < -0.39 is 12.6 Å². The Morgan fingerprint density at radius 3 is 2.71 bits per heavy atom. The second kappa shape index (κ2) is 9.94. The Labute approximate surface area is 197 Å². The van der Waals surface area contributed by atoms with Crippen molar-refractivity contribution >= 4 is 22.4 Å². The highest BCUT2D eigenvalue weighted by atomic mass is 19.4. The first-order valence-corrected chi connectivity index (χ1v) is 11.5. The fourth-order valence-electron chi connectivity index (χ4n) is 4.63. The average Bonchev–Trinajstić information content (AvgIpc) is 3.22. The molecule has 180 valence electrons. The molecular weight excluding hydrogens is 441 g/mol. The van der Waals surface area contributed by atoms with Crippen molar-refractivity contribution in [1.82, 2.24) is 14.9 Å². The predicted octanol–water partition coefficient (Wildman–Crippen LogP) is 5.29.